The van der Waals surface area contributed by atoms with E-state index in [9.17, 15) is 9.59 Å². The first-order valence-corrected chi connectivity index (χ1v) is 11.6. The summed E-state index contributed by atoms with van der Waals surface area (Å²) in [6, 6.07) is 25.6. The molecule has 3 aromatic rings. The van der Waals surface area contributed by atoms with Crippen LogP contribution in [-0.2, 0) is 6.42 Å². The van der Waals surface area contributed by atoms with Gasteiger partial charge in [-0.1, -0.05) is 48.5 Å². The molecule has 2 aliphatic heterocycles. The molecule has 0 bridgehead atoms. The highest BCUT2D eigenvalue weighted by molar-refractivity contribution is 5.95. The summed E-state index contributed by atoms with van der Waals surface area (Å²) in [7, 11) is 0. The lowest BCUT2D eigenvalue weighted by molar-refractivity contribution is 0.0762. The van der Waals surface area contributed by atoms with Crippen LogP contribution in [0.25, 0.3) is 0 Å². The number of anilines is 3. The van der Waals surface area contributed by atoms with Crippen LogP contribution in [0, 0.1) is 0 Å². The van der Waals surface area contributed by atoms with E-state index in [1.807, 2.05) is 58.3 Å². The van der Waals surface area contributed by atoms with Gasteiger partial charge in [0.1, 0.15) is 0 Å². The Bertz CT molecular complexity index is 1150. The lowest BCUT2D eigenvalue weighted by atomic mass is 10.2. The van der Waals surface area contributed by atoms with Crippen molar-refractivity contribution in [2.24, 2.45) is 0 Å². The normalized spacial score (nSPS) is 15.7. The van der Waals surface area contributed by atoms with Crippen molar-refractivity contribution in [2.75, 3.05) is 42.9 Å². The van der Waals surface area contributed by atoms with E-state index in [1.54, 1.807) is 0 Å². The minimum Gasteiger partial charge on any atom is -0.339 e. The molecule has 0 radical (unpaired) electrons. The van der Waals surface area contributed by atoms with Crippen molar-refractivity contribution in [1.29, 1.82) is 0 Å². The van der Waals surface area contributed by atoms with E-state index in [0.29, 0.717) is 31.7 Å². The summed E-state index contributed by atoms with van der Waals surface area (Å²) >= 11 is 0. The molecule has 0 unspecified atom stereocenters. The second-order valence-corrected chi connectivity index (χ2v) is 8.48. The Hall–Kier alpha value is -3.80. The third-order valence-corrected chi connectivity index (χ3v) is 6.41. The molecule has 0 atom stereocenters. The zero-order chi connectivity index (χ0) is 22.6. The fourth-order valence-corrected chi connectivity index (χ4v) is 4.68. The van der Waals surface area contributed by atoms with Gasteiger partial charge in [-0.05, 0) is 48.7 Å². The predicted octanol–water partition coefficient (Wildman–Crippen LogP) is 4.76. The minimum absolute atomic E-state index is 0.0240. The molecular weight excluding hydrogens is 412 g/mol. The molecule has 6 heteroatoms. The summed E-state index contributed by atoms with van der Waals surface area (Å²) in [5.41, 5.74) is 5.03. The number of benzene rings is 3. The molecule has 0 aromatic heterocycles. The van der Waals surface area contributed by atoms with E-state index >= 15 is 0 Å². The highest BCUT2D eigenvalue weighted by Gasteiger charge is 2.25. The quantitative estimate of drug-likeness (QED) is 0.639. The Kier molecular flexibility index (Phi) is 5.98. The summed E-state index contributed by atoms with van der Waals surface area (Å²) in [5.74, 6) is 0.0240. The Morgan fingerprint density at radius 2 is 1.33 bits per heavy atom. The van der Waals surface area contributed by atoms with E-state index in [4.69, 9.17) is 0 Å². The summed E-state index contributed by atoms with van der Waals surface area (Å²) in [6.07, 6.45) is 1.75. The maximum Gasteiger partial charge on any atom is 0.321 e. The van der Waals surface area contributed by atoms with Crippen LogP contribution < -0.4 is 10.2 Å². The van der Waals surface area contributed by atoms with Gasteiger partial charge in [0, 0.05) is 44.0 Å². The van der Waals surface area contributed by atoms with Crippen LogP contribution in [0.1, 0.15) is 22.3 Å². The fourth-order valence-electron chi connectivity index (χ4n) is 4.68. The molecule has 168 valence electrons. The monoisotopic (exact) mass is 440 g/mol. The lowest BCUT2D eigenvalue weighted by Crippen LogP contribution is -2.39. The van der Waals surface area contributed by atoms with E-state index in [0.717, 1.165) is 30.8 Å². The van der Waals surface area contributed by atoms with Crippen LogP contribution in [0.2, 0.25) is 0 Å². The molecule has 5 rings (SSSR count). The van der Waals surface area contributed by atoms with Gasteiger partial charge in [0.05, 0.1) is 11.4 Å². The first kappa shape index (κ1) is 21.1. The first-order valence-electron chi connectivity index (χ1n) is 11.6. The van der Waals surface area contributed by atoms with Crippen molar-refractivity contribution < 1.29 is 9.59 Å². The summed E-state index contributed by atoms with van der Waals surface area (Å²) in [4.78, 5) is 31.9. The molecule has 0 saturated carbocycles. The number of rotatable bonds is 3. The molecule has 0 spiro atoms. The number of hydrogen-bond acceptors (Lipinski definition) is 3. The lowest BCUT2D eigenvalue weighted by Gasteiger charge is -2.26. The van der Waals surface area contributed by atoms with Gasteiger partial charge in [-0.3, -0.25) is 4.79 Å². The van der Waals surface area contributed by atoms with Gasteiger partial charge < -0.3 is 20.0 Å². The second kappa shape index (κ2) is 9.36. The van der Waals surface area contributed by atoms with E-state index in [-0.39, 0.29) is 11.9 Å². The van der Waals surface area contributed by atoms with Crippen LogP contribution >= 0.6 is 0 Å². The molecule has 1 fully saturated rings. The van der Waals surface area contributed by atoms with Crippen LogP contribution in [-0.4, -0.2) is 54.5 Å². The molecule has 1 N–H and O–H groups in total. The molecule has 6 nitrogen and oxygen atoms in total. The zero-order valence-corrected chi connectivity index (χ0v) is 18.6. The van der Waals surface area contributed by atoms with Crippen LogP contribution in [0.4, 0.5) is 21.9 Å². The number of fused-ring (bicyclic) bond motifs is 1. The number of urea groups is 1. The minimum atomic E-state index is -0.121. The van der Waals surface area contributed by atoms with Crippen molar-refractivity contribution in [2.45, 2.75) is 12.8 Å². The third kappa shape index (κ3) is 4.42. The number of para-hydroxylation sites is 3. The van der Waals surface area contributed by atoms with E-state index in [1.165, 1.54) is 11.3 Å². The first-order chi connectivity index (χ1) is 16.2. The molecule has 2 aliphatic rings. The second-order valence-electron chi connectivity index (χ2n) is 8.48. The summed E-state index contributed by atoms with van der Waals surface area (Å²) in [6.45, 7) is 3.21. The number of carbonyl (C=O) groups excluding carboxylic acids is 2. The molecule has 3 aromatic carbocycles. The summed E-state index contributed by atoms with van der Waals surface area (Å²) in [5, 5.41) is 3.13. The van der Waals surface area contributed by atoms with Crippen LogP contribution in [0.3, 0.4) is 0 Å². The van der Waals surface area contributed by atoms with Crippen molar-refractivity contribution in [1.82, 2.24) is 9.80 Å². The van der Waals surface area contributed by atoms with Crippen LogP contribution in [0.5, 0.6) is 0 Å². The maximum atomic E-state index is 13.2. The maximum absolute atomic E-state index is 13.2. The largest absolute Gasteiger partial charge is 0.339 e. The molecular formula is C27H28N4O2. The SMILES string of the molecule is O=C(Nc1ccccc1N1CCc2ccccc21)N1CCCN(C(=O)c2ccccc2)CC1. The van der Waals surface area contributed by atoms with Crippen molar-refractivity contribution >= 4 is 29.0 Å². The predicted molar refractivity (Wildman–Crippen MR) is 131 cm³/mol. The van der Waals surface area contributed by atoms with Gasteiger partial charge in [0.25, 0.3) is 5.91 Å². The van der Waals surface area contributed by atoms with Crippen molar-refractivity contribution in [3.05, 3.63) is 90.0 Å². The molecule has 3 amide bonds. The Morgan fingerprint density at radius 3 is 2.18 bits per heavy atom. The van der Waals surface area contributed by atoms with Gasteiger partial charge in [0.15, 0.2) is 0 Å². The average Bonchev–Trinajstić information content (AvgIpc) is 3.13. The molecule has 0 aliphatic carbocycles. The van der Waals surface area contributed by atoms with Gasteiger partial charge in [0.2, 0.25) is 0 Å². The zero-order valence-electron chi connectivity index (χ0n) is 18.6. The van der Waals surface area contributed by atoms with Crippen LogP contribution in [0.15, 0.2) is 78.9 Å². The average molecular weight is 441 g/mol. The smallest absolute Gasteiger partial charge is 0.321 e. The number of amides is 3. The van der Waals surface area contributed by atoms with Crippen molar-refractivity contribution in [3.63, 3.8) is 0 Å². The van der Waals surface area contributed by atoms with Gasteiger partial charge in [-0.2, -0.15) is 0 Å². The third-order valence-electron chi connectivity index (χ3n) is 6.41. The fraction of sp³-hybridized carbons (Fsp3) is 0.259. The van der Waals surface area contributed by atoms with Crippen molar-refractivity contribution in [3.8, 4) is 0 Å². The van der Waals surface area contributed by atoms with Gasteiger partial charge in [-0.25, -0.2) is 4.79 Å². The van der Waals surface area contributed by atoms with E-state index < -0.39 is 0 Å². The molecule has 33 heavy (non-hydrogen) atoms. The topological polar surface area (TPSA) is 55.9 Å². The number of carbonyl (C=O) groups is 2. The highest BCUT2D eigenvalue weighted by Crippen LogP contribution is 2.38. The number of nitrogens with one attached hydrogen (secondary N) is 1. The number of nitrogens with zero attached hydrogens (tertiary/aromatic N) is 3. The summed E-state index contributed by atoms with van der Waals surface area (Å²) < 4.78 is 0. The molecule has 1 saturated heterocycles. The Morgan fingerprint density at radius 1 is 0.667 bits per heavy atom. The number of hydrogen-bond donors (Lipinski definition) is 1. The Labute approximate surface area is 194 Å². The Balaban J connectivity index is 1.27. The van der Waals surface area contributed by atoms with Gasteiger partial charge in [-0.15, -0.1) is 0 Å². The molecule has 2 heterocycles. The standard InChI is InChI=1S/C27H28N4O2/c32-26(22-10-2-1-3-11-22)29-16-8-17-30(20-19-29)27(33)28-23-12-5-7-14-25(23)31-18-15-21-9-4-6-13-24(21)31/h1-7,9-14H,8,15-20H2,(H,28,33). The van der Waals surface area contributed by atoms with Gasteiger partial charge >= 0.3 is 6.03 Å². The van der Waals surface area contributed by atoms with E-state index in [2.05, 4.69) is 40.5 Å². The highest BCUT2D eigenvalue weighted by atomic mass is 16.2.